The Morgan fingerprint density at radius 1 is 0.960 bits per heavy atom. The third-order valence-corrected chi connectivity index (χ3v) is 5.30. The molecule has 0 aromatic heterocycles. The minimum absolute atomic E-state index is 0.0160. The Morgan fingerprint density at radius 3 is 2.12 bits per heavy atom. The molecule has 2 aromatic carbocycles. The van der Waals surface area contributed by atoms with Gasteiger partial charge in [-0.2, -0.15) is 0 Å². The quantitative estimate of drug-likeness (QED) is 0.563. The average Bonchev–Trinajstić information content (AvgIpc) is 2.63. The molecule has 1 aliphatic carbocycles. The summed E-state index contributed by atoms with van der Waals surface area (Å²) < 4.78 is 30.9. The molecule has 0 radical (unpaired) electrons. The molecule has 1 saturated carbocycles. The zero-order valence-corrected chi connectivity index (χ0v) is 15.1. The van der Waals surface area contributed by atoms with E-state index in [1.165, 1.54) is 43.4 Å². The SMILES string of the molecule is CC1CCC(c2ccc(OC(=S)c3ccc(C(F)F)cc3)cc2)CC1. The van der Waals surface area contributed by atoms with Crippen LogP contribution < -0.4 is 4.74 Å². The molecule has 0 atom stereocenters. The number of hydrogen-bond donors (Lipinski definition) is 0. The van der Waals surface area contributed by atoms with E-state index < -0.39 is 6.43 Å². The summed E-state index contributed by atoms with van der Waals surface area (Å²) in [6.07, 6.45) is 2.61. The van der Waals surface area contributed by atoms with Crippen LogP contribution in [0.5, 0.6) is 5.75 Å². The van der Waals surface area contributed by atoms with Gasteiger partial charge in [0.15, 0.2) is 5.05 Å². The van der Waals surface area contributed by atoms with Crippen LogP contribution in [-0.4, -0.2) is 5.05 Å². The standard InChI is InChI=1S/C21H22F2OS/c1-14-2-4-15(5-3-14)16-10-12-19(13-11-16)24-21(25)18-8-6-17(7-9-18)20(22)23/h6-15,20H,2-5H2,1H3. The molecule has 132 valence electrons. The van der Waals surface area contributed by atoms with Crippen molar-refractivity contribution >= 4 is 17.3 Å². The van der Waals surface area contributed by atoms with Crippen molar-refractivity contribution < 1.29 is 13.5 Å². The minimum Gasteiger partial charge on any atom is -0.445 e. The lowest BCUT2D eigenvalue weighted by molar-refractivity contribution is 0.151. The summed E-state index contributed by atoms with van der Waals surface area (Å²) in [7, 11) is 0. The molecule has 0 aliphatic heterocycles. The first-order valence-electron chi connectivity index (χ1n) is 8.73. The van der Waals surface area contributed by atoms with Crippen LogP contribution in [0.15, 0.2) is 48.5 Å². The molecule has 0 heterocycles. The molecule has 25 heavy (non-hydrogen) atoms. The number of rotatable bonds is 4. The van der Waals surface area contributed by atoms with Crippen LogP contribution in [0.4, 0.5) is 8.78 Å². The number of ether oxygens (including phenoxy) is 1. The lowest BCUT2D eigenvalue weighted by Crippen LogP contribution is -2.11. The maximum Gasteiger partial charge on any atom is 0.263 e. The lowest BCUT2D eigenvalue weighted by atomic mass is 9.79. The fraction of sp³-hybridized carbons (Fsp3) is 0.381. The molecule has 0 unspecified atom stereocenters. The average molecular weight is 360 g/mol. The molecule has 0 amide bonds. The molecule has 0 spiro atoms. The van der Waals surface area contributed by atoms with Gasteiger partial charge in [0.05, 0.1) is 0 Å². The summed E-state index contributed by atoms with van der Waals surface area (Å²) in [5, 5.41) is 0.292. The van der Waals surface area contributed by atoms with Crippen LogP contribution in [0.3, 0.4) is 0 Å². The van der Waals surface area contributed by atoms with Crippen LogP contribution in [0.25, 0.3) is 0 Å². The highest BCUT2D eigenvalue weighted by Crippen LogP contribution is 2.36. The van der Waals surface area contributed by atoms with E-state index >= 15 is 0 Å². The minimum atomic E-state index is -2.47. The van der Waals surface area contributed by atoms with Gasteiger partial charge in [-0.3, -0.25) is 0 Å². The lowest BCUT2D eigenvalue weighted by Gasteiger charge is -2.26. The summed E-state index contributed by atoms with van der Waals surface area (Å²) in [5.41, 5.74) is 1.97. The van der Waals surface area contributed by atoms with Gasteiger partial charge in [-0.1, -0.05) is 44.0 Å². The summed E-state index contributed by atoms with van der Waals surface area (Å²) >= 11 is 5.27. The Balaban J connectivity index is 1.61. The highest BCUT2D eigenvalue weighted by Gasteiger charge is 2.19. The molecule has 0 N–H and O–H groups in total. The van der Waals surface area contributed by atoms with Gasteiger partial charge >= 0.3 is 0 Å². The fourth-order valence-corrected chi connectivity index (χ4v) is 3.56. The first-order valence-corrected chi connectivity index (χ1v) is 9.14. The second-order valence-corrected chi connectivity index (χ2v) is 7.21. The number of halogens is 2. The van der Waals surface area contributed by atoms with Crippen LogP contribution >= 0.6 is 12.2 Å². The Kier molecular flexibility index (Phi) is 5.79. The molecule has 2 aromatic rings. The summed E-state index contributed by atoms with van der Waals surface area (Å²) in [6, 6.07) is 14.0. The van der Waals surface area contributed by atoms with Crippen molar-refractivity contribution in [2.75, 3.05) is 0 Å². The molecular weight excluding hydrogens is 338 g/mol. The Morgan fingerprint density at radius 2 is 1.56 bits per heavy atom. The van der Waals surface area contributed by atoms with E-state index in [-0.39, 0.29) is 5.56 Å². The van der Waals surface area contributed by atoms with E-state index in [1.54, 1.807) is 12.1 Å². The second-order valence-electron chi connectivity index (χ2n) is 6.84. The van der Waals surface area contributed by atoms with Crippen molar-refractivity contribution in [3.05, 3.63) is 65.2 Å². The smallest absolute Gasteiger partial charge is 0.263 e. The predicted octanol–water partition coefficient (Wildman–Crippen LogP) is 6.67. The maximum atomic E-state index is 12.6. The summed E-state index contributed by atoms with van der Waals surface area (Å²) in [4.78, 5) is 0. The van der Waals surface area contributed by atoms with Gasteiger partial charge in [-0.05, 0) is 66.7 Å². The Labute approximate surface area is 153 Å². The van der Waals surface area contributed by atoms with Gasteiger partial charge in [0.1, 0.15) is 5.75 Å². The molecule has 1 nitrogen and oxygen atoms in total. The third-order valence-electron chi connectivity index (χ3n) is 4.98. The number of hydrogen-bond acceptors (Lipinski definition) is 2. The largest absolute Gasteiger partial charge is 0.445 e. The summed E-state index contributed by atoms with van der Waals surface area (Å²) in [5.74, 6) is 2.16. The monoisotopic (exact) mass is 360 g/mol. The van der Waals surface area contributed by atoms with Gasteiger partial charge in [0, 0.05) is 11.1 Å². The van der Waals surface area contributed by atoms with E-state index in [2.05, 4.69) is 19.1 Å². The number of alkyl halides is 2. The van der Waals surface area contributed by atoms with Crippen LogP contribution in [0, 0.1) is 5.92 Å². The van der Waals surface area contributed by atoms with E-state index in [0.717, 1.165) is 5.92 Å². The zero-order chi connectivity index (χ0) is 17.8. The van der Waals surface area contributed by atoms with Crippen molar-refractivity contribution in [2.45, 2.75) is 45.0 Å². The molecule has 1 aliphatic rings. The van der Waals surface area contributed by atoms with Gasteiger partial charge in [0.25, 0.3) is 6.43 Å². The van der Waals surface area contributed by atoms with Crippen molar-refractivity contribution in [3.8, 4) is 5.75 Å². The van der Waals surface area contributed by atoms with Crippen LogP contribution in [0.2, 0.25) is 0 Å². The first-order chi connectivity index (χ1) is 12.0. The first kappa shape index (κ1) is 18.0. The zero-order valence-electron chi connectivity index (χ0n) is 14.3. The third kappa shape index (κ3) is 4.63. The molecule has 1 fully saturated rings. The number of benzene rings is 2. The normalized spacial score (nSPS) is 20.5. The Hall–Kier alpha value is -1.81. The van der Waals surface area contributed by atoms with Crippen LogP contribution in [0.1, 0.15) is 61.6 Å². The fourth-order valence-electron chi connectivity index (χ4n) is 3.33. The van der Waals surface area contributed by atoms with E-state index in [9.17, 15) is 8.78 Å². The highest BCUT2D eigenvalue weighted by molar-refractivity contribution is 7.80. The van der Waals surface area contributed by atoms with Gasteiger partial charge in [-0.15, -0.1) is 0 Å². The topological polar surface area (TPSA) is 9.23 Å². The molecular formula is C21H22F2OS. The molecule has 3 rings (SSSR count). The summed E-state index contributed by atoms with van der Waals surface area (Å²) in [6.45, 7) is 2.32. The second kappa shape index (κ2) is 8.05. The van der Waals surface area contributed by atoms with Gasteiger partial charge in [0.2, 0.25) is 0 Å². The maximum absolute atomic E-state index is 12.6. The molecule has 0 bridgehead atoms. The van der Waals surface area contributed by atoms with Gasteiger partial charge in [-0.25, -0.2) is 8.78 Å². The van der Waals surface area contributed by atoms with E-state index in [4.69, 9.17) is 17.0 Å². The van der Waals surface area contributed by atoms with Crippen molar-refractivity contribution in [1.29, 1.82) is 0 Å². The predicted molar refractivity (Wildman–Crippen MR) is 101 cm³/mol. The van der Waals surface area contributed by atoms with Crippen molar-refractivity contribution in [3.63, 3.8) is 0 Å². The van der Waals surface area contributed by atoms with Gasteiger partial charge < -0.3 is 4.74 Å². The van der Waals surface area contributed by atoms with Crippen molar-refractivity contribution in [2.24, 2.45) is 5.92 Å². The Bertz CT molecular complexity index is 702. The van der Waals surface area contributed by atoms with Crippen LogP contribution in [-0.2, 0) is 0 Å². The van der Waals surface area contributed by atoms with E-state index in [1.807, 2.05) is 12.1 Å². The number of thiocarbonyl (C=S) groups is 1. The molecule has 0 saturated heterocycles. The van der Waals surface area contributed by atoms with Crippen molar-refractivity contribution in [1.82, 2.24) is 0 Å². The highest BCUT2D eigenvalue weighted by atomic mass is 32.1. The van der Waals surface area contributed by atoms with E-state index in [0.29, 0.717) is 22.3 Å². The molecule has 4 heteroatoms.